The van der Waals surface area contributed by atoms with Crippen LogP contribution in [-0.4, -0.2) is 28.3 Å². The first-order valence-corrected chi connectivity index (χ1v) is 7.54. The van der Waals surface area contributed by atoms with Crippen molar-refractivity contribution in [2.75, 3.05) is 18.1 Å². The molecular formula is C12H27NOS. The van der Waals surface area contributed by atoms with Crippen molar-refractivity contribution in [3.8, 4) is 0 Å². The molecule has 0 aliphatic rings. The summed E-state index contributed by atoms with van der Waals surface area (Å²) in [5, 5.41) is 3.41. The molecule has 2 nitrogen and oxygen atoms in total. The Hall–Kier alpha value is 0.110. The van der Waals surface area contributed by atoms with Crippen molar-refractivity contribution < 1.29 is 4.21 Å². The molecule has 0 bridgehead atoms. The molecule has 0 aromatic heterocycles. The number of rotatable bonds is 8. The van der Waals surface area contributed by atoms with Gasteiger partial charge in [0.25, 0.3) is 0 Å². The second kappa shape index (κ2) is 8.28. The van der Waals surface area contributed by atoms with E-state index in [1.165, 1.54) is 0 Å². The quantitative estimate of drug-likeness (QED) is 0.697. The van der Waals surface area contributed by atoms with Crippen LogP contribution < -0.4 is 5.32 Å². The van der Waals surface area contributed by atoms with Crippen LogP contribution in [-0.2, 0) is 10.8 Å². The first-order valence-electron chi connectivity index (χ1n) is 6.05. The SMILES string of the molecule is CCNC(CS(=O)CCC(C)C)C(C)C. The van der Waals surface area contributed by atoms with Crippen molar-refractivity contribution in [3.05, 3.63) is 0 Å². The lowest BCUT2D eigenvalue weighted by Gasteiger charge is -2.21. The lowest BCUT2D eigenvalue weighted by Crippen LogP contribution is -2.38. The summed E-state index contributed by atoms with van der Waals surface area (Å²) < 4.78 is 11.8. The lowest BCUT2D eigenvalue weighted by atomic mass is 10.1. The molecule has 0 amide bonds. The van der Waals surface area contributed by atoms with Crippen molar-refractivity contribution in [2.24, 2.45) is 11.8 Å². The Morgan fingerprint density at radius 3 is 2.20 bits per heavy atom. The summed E-state index contributed by atoms with van der Waals surface area (Å²) in [7, 11) is -0.655. The maximum Gasteiger partial charge on any atom is 0.0391 e. The van der Waals surface area contributed by atoms with Gasteiger partial charge in [-0.3, -0.25) is 4.21 Å². The molecule has 0 saturated carbocycles. The first kappa shape index (κ1) is 15.1. The summed E-state index contributed by atoms with van der Waals surface area (Å²) in [4.78, 5) is 0. The molecule has 0 spiro atoms. The smallest absolute Gasteiger partial charge is 0.0391 e. The van der Waals surface area contributed by atoms with E-state index in [0.29, 0.717) is 17.9 Å². The fourth-order valence-corrected chi connectivity index (χ4v) is 3.20. The highest BCUT2D eigenvalue weighted by Gasteiger charge is 2.15. The molecule has 2 unspecified atom stereocenters. The largest absolute Gasteiger partial charge is 0.313 e. The summed E-state index contributed by atoms with van der Waals surface area (Å²) in [6.45, 7) is 11.8. The van der Waals surface area contributed by atoms with Crippen molar-refractivity contribution in [3.63, 3.8) is 0 Å². The van der Waals surface area contributed by atoms with E-state index >= 15 is 0 Å². The van der Waals surface area contributed by atoms with Gasteiger partial charge in [-0.2, -0.15) is 0 Å². The average Bonchev–Trinajstić information content (AvgIpc) is 2.14. The summed E-state index contributed by atoms with van der Waals surface area (Å²) in [5.74, 6) is 2.88. The van der Waals surface area contributed by atoms with Gasteiger partial charge >= 0.3 is 0 Å². The predicted molar refractivity (Wildman–Crippen MR) is 69.6 cm³/mol. The van der Waals surface area contributed by atoms with Gasteiger partial charge in [0, 0.05) is 28.3 Å². The van der Waals surface area contributed by atoms with Crippen LogP contribution in [0.4, 0.5) is 0 Å². The van der Waals surface area contributed by atoms with Gasteiger partial charge in [-0.15, -0.1) is 0 Å². The van der Waals surface area contributed by atoms with Crippen molar-refractivity contribution >= 4 is 10.8 Å². The topological polar surface area (TPSA) is 29.1 Å². The normalized spacial score (nSPS) is 15.9. The van der Waals surface area contributed by atoms with E-state index < -0.39 is 10.8 Å². The number of hydrogen-bond donors (Lipinski definition) is 1. The molecule has 0 aromatic rings. The fourth-order valence-electron chi connectivity index (χ4n) is 1.40. The predicted octanol–water partition coefficient (Wildman–Crippen LogP) is 2.42. The highest BCUT2D eigenvalue weighted by molar-refractivity contribution is 7.85. The van der Waals surface area contributed by atoms with Crippen molar-refractivity contribution in [1.29, 1.82) is 0 Å². The Morgan fingerprint density at radius 2 is 1.80 bits per heavy atom. The van der Waals surface area contributed by atoms with Crippen LogP contribution in [0, 0.1) is 11.8 Å². The third-order valence-corrected chi connectivity index (χ3v) is 3.98. The average molecular weight is 233 g/mol. The molecule has 0 saturated heterocycles. The molecule has 15 heavy (non-hydrogen) atoms. The maximum absolute atomic E-state index is 11.8. The van der Waals surface area contributed by atoms with Crippen LogP contribution in [0.2, 0.25) is 0 Å². The molecule has 0 aliphatic heterocycles. The summed E-state index contributed by atoms with van der Waals surface area (Å²) >= 11 is 0. The zero-order valence-corrected chi connectivity index (χ0v) is 11.7. The van der Waals surface area contributed by atoms with E-state index in [1.54, 1.807) is 0 Å². The zero-order chi connectivity index (χ0) is 11.8. The molecule has 92 valence electrons. The molecular weight excluding hydrogens is 206 g/mol. The number of nitrogens with one attached hydrogen (secondary N) is 1. The molecule has 0 radical (unpaired) electrons. The van der Waals surface area contributed by atoms with Gasteiger partial charge in [-0.1, -0.05) is 34.6 Å². The highest BCUT2D eigenvalue weighted by Crippen LogP contribution is 2.06. The Morgan fingerprint density at radius 1 is 1.20 bits per heavy atom. The van der Waals surface area contributed by atoms with E-state index in [-0.39, 0.29) is 0 Å². The molecule has 0 rings (SSSR count). The minimum atomic E-state index is -0.655. The van der Waals surface area contributed by atoms with Crippen molar-refractivity contribution in [1.82, 2.24) is 5.32 Å². The van der Waals surface area contributed by atoms with Gasteiger partial charge in [0.2, 0.25) is 0 Å². The molecule has 3 heteroatoms. The first-order chi connectivity index (χ1) is 6.97. The third-order valence-electron chi connectivity index (χ3n) is 2.56. The van der Waals surface area contributed by atoms with Crippen LogP contribution in [0.1, 0.15) is 41.0 Å². The van der Waals surface area contributed by atoms with Crippen LogP contribution in [0.15, 0.2) is 0 Å². The van der Waals surface area contributed by atoms with E-state index in [9.17, 15) is 4.21 Å². The van der Waals surface area contributed by atoms with Gasteiger partial charge in [0.1, 0.15) is 0 Å². The highest BCUT2D eigenvalue weighted by atomic mass is 32.2. The van der Waals surface area contributed by atoms with Crippen LogP contribution in [0.25, 0.3) is 0 Å². The van der Waals surface area contributed by atoms with Crippen LogP contribution >= 0.6 is 0 Å². The monoisotopic (exact) mass is 233 g/mol. The Kier molecular flexibility index (Phi) is 8.34. The molecule has 0 fully saturated rings. The summed E-state index contributed by atoms with van der Waals surface area (Å²) in [5.41, 5.74) is 0. The summed E-state index contributed by atoms with van der Waals surface area (Å²) in [6.07, 6.45) is 1.07. The summed E-state index contributed by atoms with van der Waals surface area (Å²) in [6, 6.07) is 0.406. The van der Waals surface area contributed by atoms with E-state index in [4.69, 9.17) is 0 Å². The molecule has 0 heterocycles. The van der Waals surface area contributed by atoms with Crippen LogP contribution in [0.3, 0.4) is 0 Å². The van der Waals surface area contributed by atoms with Gasteiger partial charge in [-0.05, 0) is 24.8 Å². The molecule has 0 aliphatic carbocycles. The molecule has 0 aromatic carbocycles. The van der Waals surface area contributed by atoms with E-state index in [1.807, 2.05) is 0 Å². The second-order valence-electron chi connectivity index (χ2n) is 4.90. The standard InChI is InChI=1S/C12H27NOS/c1-6-13-12(11(4)5)9-15(14)8-7-10(2)3/h10-13H,6-9H2,1-5H3. The van der Waals surface area contributed by atoms with E-state index in [0.717, 1.165) is 24.5 Å². The number of hydrogen-bond acceptors (Lipinski definition) is 2. The lowest BCUT2D eigenvalue weighted by molar-refractivity contribution is 0.440. The van der Waals surface area contributed by atoms with Gasteiger partial charge in [0.05, 0.1) is 0 Å². The molecule has 1 N–H and O–H groups in total. The minimum Gasteiger partial charge on any atom is -0.313 e. The van der Waals surface area contributed by atoms with Crippen molar-refractivity contribution in [2.45, 2.75) is 47.1 Å². The van der Waals surface area contributed by atoms with E-state index in [2.05, 4.69) is 39.9 Å². The minimum absolute atomic E-state index is 0.406. The fraction of sp³-hybridized carbons (Fsp3) is 1.00. The van der Waals surface area contributed by atoms with Crippen LogP contribution in [0.5, 0.6) is 0 Å². The Balaban J connectivity index is 3.89. The Labute approximate surface area is 97.7 Å². The zero-order valence-electron chi connectivity index (χ0n) is 10.9. The van der Waals surface area contributed by atoms with Gasteiger partial charge in [0.15, 0.2) is 0 Å². The third kappa shape index (κ3) is 7.97. The van der Waals surface area contributed by atoms with Gasteiger partial charge < -0.3 is 5.32 Å². The second-order valence-corrected chi connectivity index (χ2v) is 6.52. The Bertz CT molecular complexity index is 180. The van der Waals surface area contributed by atoms with Gasteiger partial charge in [-0.25, -0.2) is 0 Å². The maximum atomic E-state index is 11.8. The molecule has 2 atom stereocenters.